The molecule has 1 aromatic carbocycles. The van der Waals surface area contributed by atoms with E-state index in [-0.39, 0.29) is 17.8 Å². The molecule has 3 aromatic rings. The summed E-state index contributed by atoms with van der Waals surface area (Å²) >= 11 is 0. The molecule has 2 aliphatic heterocycles. The van der Waals surface area contributed by atoms with Crippen LogP contribution in [-0.4, -0.2) is 40.2 Å². The molecule has 7 heteroatoms. The molecular weight excluding hydrogens is 343 g/mol. The Morgan fingerprint density at radius 3 is 2.81 bits per heavy atom. The second-order valence-corrected chi connectivity index (χ2v) is 6.88. The number of halogens is 1. The van der Waals surface area contributed by atoms with Crippen molar-refractivity contribution in [1.82, 2.24) is 14.6 Å². The zero-order valence-corrected chi connectivity index (χ0v) is 14.7. The molecular formula is C20H19FN6. The molecule has 4 heterocycles. The van der Waals surface area contributed by atoms with Crippen molar-refractivity contribution in [2.24, 2.45) is 9.98 Å². The highest BCUT2D eigenvalue weighted by Gasteiger charge is 2.28. The number of imidazole rings is 1. The third-order valence-electron chi connectivity index (χ3n) is 5.19. The minimum atomic E-state index is -0.199. The van der Waals surface area contributed by atoms with E-state index in [2.05, 4.69) is 19.9 Å². The molecule has 5 rings (SSSR count). The molecule has 136 valence electrons. The van der Waals surface area contributed by atoms with Gasteiger partial charge in [0.15, 0.2) is 5.65 Å². The molecule has 2 aliphatic rings. The summed E-state index contributed by atoms with van der Waals surface area (Å²) < 4.78 is 15.6. The van der Waals surface area contributed by atoms with E-state index in [1.165, 1.54) is 6.07 Å². The third-order valence-corrected chi connectivity index (χ3v) is 5.19. The van der Waals surface area contributed by atoms with Crippen LogP contribution in [0.25, 0.3) is 5.65 Å². The first-order valence-corrected chi connectivity index (χ1v) is 9.16. The Balaban J connectivity index is 1.53. The Labute approximate surface area is 156 Å². The van der Waals surface area contributed by atoms with Crippen LogP contribution in [-0.2, 0) is 0 Å². The van der Waals surface area contributed by atoms with E-state index in [4.69, 9.17) is 5.10 Å². The molecule has 6 nitrogen and oxygen atoms in total. The molecule has 0 spiro atoms. The van der Waals surface area contributed by atoms with Crippen molar-refractivity contribution in [3.63, 3.8) is 0 Å². The normalized spacial score (nSPS) is 20.0. The highest BCUT2D eigenvalue weighted by atomic mass is 19.1. The predicted octanol–water partition coefficient (Wildman–Crippen LogP) is 3.41. The van der Waals surface area contributed by atoms with Crippen LogP contribution in [0.4, 0.5) is 10.2 Å². The molecule has 1 saturated heterocycles. The van der Waals surface area contributed by atoms with E-state index in [1.807, 2.05) is 41.3 Å². The first-order chi connectivity index (χ1) is 13.3. The Hall–Kier alpha value is -3.09. The lowest BCUT2D eigenvalue weighted by atomic mass is 10.0. The van der Waals surface area contributed by atoms with Gasteiger partial charge in [0.25, 0.3) is 0 Å². The second kappa shape index (κ2) is 6.57. The Morgan fingerprint density at radius 1 is 1.07 bits per heavy atom. The highest BCUT2D eigenvalue weighted by Crippen LogP contribution is 2.35. The van der Waals surface area contributed by atoms with Crippen LogP contribution in [0.15, 0.2) is 52.6 Å². The van der Waals surface area contributed by atoms with Gasteiger partial charge >= 0.3 is 0 Å². The Morgan fingerprint density at radius 2 is 1.96 bits per heavy atom. The summed E-state index contributed by atoms with van der Waals surface area (Å²) in [4.78, 5) is 15.2. The van der Waals surface area contributed by atoms with Gasteiger partial charge in [-0.15, -0.1) is 5.10 Å². The molecule has 0 saturated carbocycles. The fourth-order valence-corrected chi connectivity index (χ4v) is 3.92. The summed E-state index contributed by atoms with van der Waals surface area (Å²) in [6.45, 7) is 1.38. The first kappa shape index (κ1) is 16.1. The lowest BCUT2D eigenvalue weighted by molar-refractivity contribution is 0.617. The van der Waals surface area contributed by atoms with Crippen LogP contribution < -0.4 is 4.90 Å². The van der Waals surface area contributed by atoms with Crippen molar-refractivity contribution in [1.29, 1.82) is 0 Å². The van der Waals surface area contributed by atoms with Crippen molar-refractivity contribution in [3.05, 3.63) is 59.7 Å². The number of rotatable bonds is 3. The van der Waals surface area contributed by atoms with Crippen LogP contribution in [0, 0.1) is 5.82 Å². The zero-order valence-electron chi connectivity index (χ0n) is 14.7. The molecule has 0 aliphatic carbocycles. The van der Waals surface area contributed by atoms with Gasteiger partial charge in [-0.1, -0.05) is 12.1 Å². The maximum atomic E-state index is 13.7. The van der Waals surface area contributed by atoms with Crippen molar-refractivity contribution in [3.8, 4) is 0 Å². The van der Waals surface area contributed by atoms with Gasteiger partial charge in [-0.25, -0.2) is 13.9 Å². The van der Waals surface area contributed by atoms with Gasteiger partial charge in [-0.3, -0.25) is 9.98 Å². The Bertz CT molecular complexity index is 1030. The molecule has 1 unspecified atom stereocenters. The number of hydrogen-bond acceptors (Lipinski definition) is 5. The molecule has 0 N–H and O–H groups in total. The molecule has 0 amide bonds. The summed E-state index contributed by atoms with van der Waals surface area (Å²) in [5.41, 5.74) is 2.73. The molecule has 0 radical (unpaired) electrons. The average molecular weight is 362 g/mol. The SMILES string of the molecule is Fc1cccc(C2CCCN2c2ccc3ncc(C4C=NCN=C4)n3n2)c1. The number of nitrogens with zero attached hydrogens (tertiary/aromatic N) is 6. The summed E-state index contributed by atoms with van der Waals surface area (Å²) in [6, 6.07) is 11.0. The lowest BCUT2D eigenvalue weighted by Crippen LogP contribution is -2.24. The molecule has 1 atom stereocenters. The average Bonchev–Trinajstić information content (AvgIpc) is 3.35. The van der Waals surface area contributed by atoms with Crippen molar-refractivity contribution < 1.29 is 4.39 Å². The van der Waals surface area contributed by atoms with Gasteiger partial charge in [0.1, 0.15) is 18.3 Å². The van der Waals surface area contributed by atoms with Crippen LogP contribution >= 0.6 is 0 Å². The van der Waals surface area contributed by atoms with Gasteiger partial charge in [0.05, 0.1) is 23.9 Å². The van der Waals surface area contributed by atoms with E-state index in [0.29, 0.717) is 6.67 Å². The predicted molar refractivity (Wildman–Crippen MR) is 103 cm³/mol. The maximum Gasteiger partial charge on any atom is 0.153 e. The quantitative estimate of drug-likeness (QED) is 0.717. The fourth-order valence-electron chi connectivity index (χ4n) is 3.92. The number of hydrogen-bond donors (Lipinski definition) is 0. The van der Waals surface area contributed by atoms with Gasteiger partial charge in [-0.2, -0.15) is 0 Å². The van der Waals surface area contributed by atoms with Crippen LogP contribution in [0.5, 0.6) is 0 Å². The minimum Gasteiger partial charge on any atom is -0.348 e. The van der Waals surface area contributed by atoms with Crippen LogP contribution in [0.3, 0.4) is 0 Å². The lowest BCUT2D eigenvalue weighted by Gasteiger charge is -2.26. The van der Waals surface area contributed by atoms with Gasteiger partial charge in [0.2, 0.25) is 0 Å². The summed E-state index contributed by atoms with van der Waals surface area (Å²) in [6.07, 6.45) is 7.64. The molecule has 27 heavy (non-hydrogen) atoms. The third kappa shape index (κ3) is 2.89. The number of benzene rings is 1. The number of anilines is 1. The van der Waals surface area contributed by atoms with Gasteiger partial charge in [-0.05, 0) is 42.7 Å². The number of fused-ring (bicyclic) bond motifs is 1. The second-order valence-electron chi connectivity index (χ2n) is 6.88. The monoisotopic (exact) mass is 362 g/mol. The van der Waals surface area contributed by atoms with E-state index < -0.39 is 0 Å². The minimum absolute atomic E-state index is 0.0194. The van der Waals surface area contributed by atoms with E-state index in [9.17, 15) is 4.39 Å². The maximum absolute atomic E-state index is 13.7. The number of aromatic nitrogens is 3. The van der Waals surface area contributed by atoms with E-state index in [0.717, 1.165) is 42.1 Å². The summed E-state index contributed by atoms with van der Waals surface area (Å²) in [5.74, 6) is 0.655. The molecule has 0 bridgehead atoms. The number of aliphatic imine (C=N–C) groups is 2. The van der Waals surface area contributed by atoms with E-state index in [1.54, 1.807) is 12.1 Å². The molecule has 2 aromatic heterocycles. The van der Waals surface area contributed by atoms with Gasteiger partial charge < -0.3 is 4.90 Å². The van der Waals surface area contributed by atoms with Gasteiger partial charge in [0, 0.05) is 19.0 Å². The zero-order chi connectivity index (χ0) is 18.2. The molecule has 1 fully saturated rings. The van der Waals surface area contributed by atoms with E-state index >= 15 is 0 Å². The first-order valence-electron chi connectivity index (χ1n) is 9.16. The largest absolute Gasteiger partial charge is 0.348 e. The summed E-state index contributed by atoms with van der Waals surface area (Å²) in [5, 5.41) is 4.85. The van der Waals surface area contributed by atoms with Crippen molar-refractivity contribution >= 4 is 23.9 Å². The van der Waals surface area contributed by atoms with Crippen LogP contribution in [0.1, 0.15) is 36.1 Å². The summed E-state index contributed by atoms with van der Waals surface area (Å²) in [7, 11) is 0. The van der Waals surface area contributed by atoms with Crippen LogP contribution in [0.2, 0.25) is 0 Å². The van der Waals surface area contributed by atoms with Crippen molar-refractivity contribution in [2.75, 3.05) is 18.1 Å². The highest BCUT2D eigenvalue weighted by molar-refractivity contribution is 5.91. The fraction of sp³-hybridized carbons (Fsp3) is 0.300. The topological polar surface area (TPSA) is 58.2 Å². The standard InChI is InChI=1S/C20H19FN6/c21-16-4-1-3-14(9-16)17-5-2-8-26(17)20-7-6-19-24-12-18(27(19)25-20)15-10-22-13-23-11-15/h1,3-4,6-7,9-12,15,17H,2,5,8,13H2. The Kier molecular flexibility index (Phi) is 3.92. The van der Waals surface area contributed by atoms with Crippen molar-refractivity contribution in [2.45, 2.75) is 24.8 Å². The smallest absolute Gasteiger partial charge is 0.153 e.